The molecule has 0 aliphatic carbocycles. The van der Waals surface area contributed by atoms with Crippen molar-refractivity contribution in [2.45, 2.75) is 12.8 Å². The molecule has 126 valence electrons. The summed E-state index contributed by atoms with van der Waals surface area (Å²) in [5.41, 5.74) is 0.706. The summed E-state index contributed by atoms with van der Waals surface area (Å²) >= 11 is 0. The number of esters is 1. The lowest BCUT2D eigenvalue weighted by Crippen LogP contribution is -2.06. The number of nitrogens with zero attached hydrogens (tertiary/aromatic N) is 1. The molecule has 0 amide bonds. The van der Waals surface area contributed by atoms with Crippen LogP contribution >= 0.6 is 7.60 Å². The molecule has 0 atom stereocenters. The van der Waals surface area contributed by atoms with E-state index in [1.807, 2.05) is 0 Å². The average molecular weight is 351 g/mol. The van der Waals surface area contributed by atoms with Gasteiger partial charge in [0.1, 0.15) is 6.61 Å². The van der Waals surface area contributed by atoms with Gasteiger partial charge in [-0.2, -0.15) is 0 Å². The average Bonchev–Trinajstić information content (AvgIpc) is 2.52. The molecule has 0 aromatic heterocycles. The third-order valence-electron chi connectivity index (χ3n) is 3.13. The minimum atomic E-state index is -4.17. The normalized spacial score (nSPS) is 11.1. The van der Waals surface area contributed by atoms with E-state index in [9.17, 15) is 19.5 Å². The summed E-state index contributed by atoms with van der Waals surface area (Å²) in [4.78, 5) is 40.1. The fourth-order valence-corrected chi connectivity index (χ4v) is 2.71. The second-order valence-electron chi connectivity index (χ2n) is 4.98. The molecule has 2 N–H and O–H groups in total. The molecule has 2 rings (SSSR count). The lowest BCUT2D eigenvalue weighted by Gasteiger charge is -2.07. The van der Waals surface area contributed by atoms with Crippen molar-refractivity contribution in [3.8, 4) is 0 Å². The van der Waals surface area contributed by atoms with Crippen LogP contribution < -0.4 is 0 Å². The maximum atomic E-state index is 12.0. The van der Waals surface area contributed by atoms with Crippen LogP contribution in [0.1, 0.15) is 21.5 Å². The van der Waals surface area contributed by atoms with Gasteiger partial charge in [-0.15, -0.1) is 0 Å². The molecule has 2 aromatic carbocycles. The van der Waals surface area contributed by atoms with Gasteiger partial charge in [-0.05, 0) is 23.8 Å². The van der Waals surface area contributed by atoms with Gasteiger partial charge in [0.05, 0.1) is 22.2 Å². The number of para-hydroxylation sites is 1. The fourth-order valence-electron chi connectivity index (χ4n) is 2.02. The third kappa shape index (κ3) is 4.99. The topological polar surface area (TPSA) is 127 Å². The second kappa shape index (κ2) is 7.35. The second-order valence-corrected chi connectivity index (χ2v) is 6.63. The maximum absolute atomic E-state index is 12.0. The number of hydrogen-bond donors (Lipinski definition) is 2. The van der Waals surface area contributed by atoms with Gasteiger partial charge in [-0.25, -0.2) is 4.79 Å². The molecule has 0 spiro atoms. The number of nitro benzene ring substituents is 1. The van der Waals surface area contributed by atoms with Gasteiger partial charge in [0.15, 0.2) is 0 Å². The van der Waals surface area contributed by atoms with E-state index in [2.05, 4.69) is 0 Å². The zero-order valence-corrected chi connectivity index (χ0v) is 13.3. The Morgan fingerprint density at radius 1 is 1.12 bits per heavy atom. The smallest absolute Gasteiger partial charge is 0.338 e. The number of nitro groups is 1. The van der Waals surface area contributed by atoms with E-state index in [1.54, 1.807) is 6.07 Å². The van der Waals surface area contributed by atoms with Gasteiger partial charge in [-0.3, -0.25) is 14.7 Å². The SMILES string of the molecule is O=C(OCc1ccccc1[N+](=O)[O-])c1ccc(CP(=O)(O)O)cc1. The zero-order chi connectivity index (χ0) is 17.7. The Morgan fingerprint density at radius 3 is 2.33 bits per heavy atom. The van der Waals surface area contributed by atoms with Crippen molar-refractivity contribution in [1.82, 2.24) is 0 Å². The molecule has 9 heteroatoms. The van der Waals surface area contributed by atoms with E-state index in [0.717, 1.165) is 0 Å². The third-order valence-corrected chi connectivity index (χ3v) is 3.90. The first-order valence-corrected chi connectivity index (χ1v) is 8.59. The number of benzene rings is 2. The molecule has 0 heterocycles. The Hall–Kier alpha value is -2.54. The van der Waals surface area contributed by atoms with Crippen LogP contribution in [-0.4, -0.2) is 20.7 Å². The van der Waals surface area contributed by atoms with Crippen LogP contribution in [-0.2, 0) is 22.1 Å². The van der Waals surface area contributed by atoms with Crippen molar-refractivity contribution in [3.05, 3.63) is 75.3 Å². The van der Waals surface area contributed by atoms with Crippen LogP contribution in [0.2, 0.25) is 0 Å². The largest absolute Gasteiger partial charge is 0.457 e. The highest BCUT2D eigenvalue weighted by Gasteiger charge is 2.16. The number of carbonyl (C=O) groups is 1. The Morgan fingerprint density at radius 2 is 1.75 bits per heavy atom. The highest BCUT2D eigenvalue weighted by Crippen LogP contribution is 2.38. The fraction of sp³-hybridized carbons (Fsp3) is 0.133. The Balaban J connectivity index is 2.03. The van der Waals surface area contributed by atoms with Crippen LogP contribution in [0.3, 0.4) is 0 Å². The van der Waals surface area contributed by atoms with Gasteiger partial charge in [0.25, 0.3) is 5.69 Å². The maximum Gasteiger partial charge on any atom is 0.338 e. The van der Waals surface area contributed by atoms with E-state index >= 15 is 0 Å². The lowest BCUT2D eigenvalue weighted by atomic mass is 10.1. The molecule has 2 aromatic rings. The lowest BCUT2D eigenvalue weighted by molar-refractivity contribution is -0.385. The van der Waals surface area contributed by atoms with Gasteiger partial charge in [-0.1, -0.05) is 24.3 Å². The summed E-state index contributed by atoms with van der Waals surface area (Å²) in [6.45, 7) is -0.250. The Bertz CT molecular complexity index is 798. The molecule has 0 bridgehead atoms. The van der Waals surface area contributed by atoms with Crippen LogP contribution in [0.4, 0.5) is 5.69 Å². The molecule has 0 aliphatic rings. The van der Waals surface area contributed by atoms with E-state index in [4.69, 9.17) is 14.5 Å². The first-order valence-electron chi connectivity index (χ1n) is 6.79. The predicted octanol–water partition coefficient (Wildman–Crippen LogP) is 2.63. The number of carbonyl (C=O) groups excluding carboxylic acids is 1. The summed E-state index contributed by atoms with van der Waals surface area (Å²) in [5, 5.41) is 10.9. The van der Waals surface area contributed by atoms with E-state index in [0.29, 0.717) is 5.56 Å². The molecule has 0 saturated carbocycles. The van der Waals surface area contributed by atoms with Crippen LogP contribution in [0, 0.1) is 10.1 Å². The molecule has 24 heavy (non-hydrogen) atoms. The van der Waals surface area contributed by atoms with Gasteiger partial charge >= 0.3 is 13.6 Å². The van der Waals surface area contributed by atoms with Crippen molar-refractivity contribution in [2.75, 3.05) is 0 Å². The minimum absolute atomic E-state index is 0.137. The Kier molecular flexibility index (Phi) is 5.46. The molecular formula is C15H14NO7P. The van der Waals surface area contributed by atoms with Crippen molar-refractivity contribution >= 4 is 19.3 Å². The predicted molar refractivity (Wildman–Crippen MR) is 84.4 cm³/mol. The first kappa shape index (κ1) is 17.8. The van der Waals surface area contributed by atoms with Crippen molar-refractivity contribution in [1.29, 1.82) is 0 Å². The molecule has 0 saturated heterocycles. The number of hydrogen-bond acceptors (Lipinski definition) is 5. The molecule has 0 radical (unpaired) electrons. The van der Waals surface area contributed by atoms with E-state index in [1.165, 1.54) is 42.5 Å². The van der Waals surface area contributed by atoms with Gasteiger partial charge < -0.3 is 14.5 Å². The quantitative estimate of drug-likeness (QED) is 0.354. The van der Waals surface area contributed by atoms with Crippen molar-refractivity contribution in [3.63, 3.8) is 0 Å². The molecular weight excluding hydrogens is 337 g/mol. The highest BCUT2D eigenvalue weighted by atomic mass is 31.2. The number of rotatable bonds is 6. The van der Waals surface area contributed by atoms with E-state index < -0.39 is 24.7 Å². The molecule has 0 aliphatic heterocycles. The zero-order valence-electron chi connectivity index (χ0n) is 12.4. The van der Waals surface area contributed by atoms with Crippen LogP contribution in [0.5, 0.6) is 0 Å². The summed E-state index contributed by atoms with van der Waals surface area (Å²) in [7, 11) is -4.17. The summed E-state index contributed by atoms with van der Waals surface area (Å²) in [6, 6.07) is 11.5. The summed E-state index contributed by atoms with van der Waals surface area (Å²) < 4.78 is 16.0. The van der Waals surface area contributed by atoms with E-state index in [-0.39, 0.29) is 23.4 Å². The molecule has 0 unspecified atom stereocenters. The minimum Gasteiger partial charge on any atom is -0.457 e. The summed E-state index contributed by atoms with van der Waals surface area (Å²) in [5.74, 6) is -0.684. The standard InChI is InChI=1S/C15H14NO7P/c17-15(12-7-5-11(6-8-12)10-24(20,21)22)23-9-13-3-1-2-4-14(13)16(18)19/h1-8H,9-10H2,(H2,20,21,22). The number of ether oxygens (including phenoxy) is 1. The van der Waals surface area contributed by atoms with Crippen molar-refractivity contribution < 1.29 is 28.8 Å². The molecule has 0 fully saturated rings. The highest BCUT2D eigenvalue weighted by molar-refractivity contribution is 7.50. The molecule has 8 nitrogen and oxygen atoms in total. The monoisotopic (exact) mass is 351 g/mol. The van der Waals surface area contributed by atoms with Crippen molar-refractivity contribution in [2.24, 2.45) is 0 Å². The Labute approximate surface area is 137 Å². The van der Waals surface area contributed by atoms with Crippen LogP contribution in [0.15, 0.2) is 48.5 Å². The van der Waals surface area contributed by atoms with Gasteiger partial charge in [0.2, 0.25) is 0 Å². The summed E-state index contributed by atoms with van der Waals surface area (Å²) in [6.07, 6.45) is -0.418. The van der Waals surface area contributed by atoms with Gasteiger partial charge in [0, 0.05) is 6.07 Å². The van der Waals surface area contributed by atoms with Crippen LogP contribution in [0.25, 0.3) is 0 Å². The first-order chi connectivity index (χ1) is 11.3.